The Morgan fingerprint density at radius 3 is 2.68 bits per heavy atom. The highest BCUT2D eigenvalue weighted by atomic mass is 16.6. The number of benzene rings is 2. The molecular weight excluding hydrogens is 366 g/mol. The van der Waals surface area contributed by atoms with Gasteiger partial charge in [0.25, 0.3) is 5.69 Å². The molecule has 144 valence electrons. The van der Waals surface area contributed by atoms with Crippen molar-refractivity contribution < 1.29 is 28.7 Å². The van der Waals surface area contributed by atoms with Crippen molar-refractivity contribution in [3.63, 3.8) is 0 Å². The van der Waals surface area contributed by atoms with Crippen LogP contribution in [0.1, 0.15) is 22.3 Å². The number of hydrogen-bond acceptors (Lipinski definition) is 7. The van der Waals surface area contributed by atoms with E-state index in [4.69, 9.17) is 14.2 Å². The van der Waals surface area contributed by atoms with Crippen LogP contribution >= 0.6 is 0 Å². The molecule has 2 aromatic carbocycles. The number of carbonyl (C=O) groups excluding carboxylic acids is 2. The van der Waals surface area contributed by atoms with E-state index in [0.29, 0.717) is 35.8 Å². The van der Waals surface area contributed by atoms with Crippen LogP contribution in [0.4, 0.5) is 5.69 Å². The van der Waals surface area contributed by atoms with E-state index < -0.39 is 17.5 Å². The molecule has 0 bridgehead atoms. The third-order valence-electron chi connectivity index (χ3n) is 3.91. The Hall–Kier alpha value is -3.68. The molecule has 0 N–H and O–H groups in total. The van der Waals surface area contributed by atoms with Gasteiger partial charge in [-0.2, -0.15) is 0 Å². The lowest BCUT2D eigenvalue weighted by atomic mass is 10.1. The van der Waals surface area contributed by atoms with E-state index in [0.717, 1.165) is 12.5 Å². The average Bonchev–Trinajstić information content (AvgIpc) is 2.95. The van der Waals surface area contributed by atoms with Crippen LogP contribution in [0.15, 0.2) is 48.5 Å². The molecular formula is C20H17NO7. The smallest absolute Gasteiger partial charge is 0.331 e. The zero-order chi connectivity index (χ0) is 19.9. The molecule has 1 aliphatic rings. The molecule has 0 spiro atoms. The zero-order valence-corrected chi connectivity index (χ0v) is 14.8. The van der Waals surface area contributed by atoms with Gasteiger partial charge in [-0.25, -0.2) is 4.79 Å². The molecule has 8 nitrogen and oxygen atoms in total. The molecule has 0 aromatic heterocycles. The Labute approximate surface area is 160 Å². The highest BCUT2D eigenvalue weighted by Gasteiger charge is 2.15. The van der Waals surface area contributed by atoms with Gasteiger partial charge in [-0.1, -0.05) is 12.1 Å². The van der Waals surface area contributed by atoms with Crippen LogP contribution in [0.2, 0.25) is 0 Å². The van der Waals surface area contributed by atoms with E-state index in [2.05, 4.69) is 0 Å². The lowest BCUT2D eigenvalue weighted by Crippen LogP contribution is -2.12. The van der Waals surface area contributed by atoms with E-state index in [9.17, 15) is 19.7 Å². The largest absolute Gasteiger partial charge is 0.490 e. The van der Waals surface area contributed by atoms with Crippen molar-refractivity contribution in [2.45, 2.75) is 6.42 Å². The lowest BCUT2D eigenvalue weighted by molar-refractivity contribution is -0.384. The highest BCUT2D eigenvalue weighted by Crippen LogP contribution is 2.30. The number of Topliss-reactive ketones (excluding diaryl/α,β-unsaturated/α-hetero) is 1. The second-order valence-electron chi connectivity index (χ2n) is 5.93. The molecule has 8 heteroatoms. The van der Waals surface area contributed by atoms with Crippen LogP contribution in [0.5, 0.6) is 11.5 Å². The van der Waals surface area contributed by atoms with E-state index in [1.807, 2.05) is 0 Å². The maximum absolute atomic E-state index is 12.2. The standard InChI is InChI=1S/C20H17NO7/c22-17(15-6-7-18-19(12-15)27-10-2-9-26-18)13-28-20(23)8-5-14-3-1-4-16(11-14)21(24)25/h1,3-8,11-12H,2,9-10,13H2/b8-5+. The summed E-state index contributed by atoms with van der Waals surface area (Å²) in [6.07, 6.45) is 3.25. The number of nitro benzene ring substituents is 1. The summed E-state index contributed by atoms with van der Waals surface area (Å²) in [4.78, 5) is 34.3. The van der Waals surface area contributed by atoms with Crippen LogP contribution in [-0.4, -0.2) is 36.5 Å². The van der Waals surface area contributed by atoms with E-state index in [1.165, 1.54) is 24.3 Å². The fourth-order valence-electron chi connectivity index (χ4n) is 2.51. The predicted molar refractivity (Wildman–Crippen MR) is 99.5 cm³/mol. The summed E-state index contributed by atoms with van der Waals surface area (Å²) >= 11 is 0. The number of non-ortho nitro benzene ring substituents is 1. The molecule has 0 fully saturated rings. The summed E-state index contributed by atoms with van der Waals surface area (Å²) < 4.78 is 16.0. The first-order chi connectivity index (χ1) is 13.5. The van der Waals surface area contributed by atoms with Gasteiger partial charge in [-0.15, -0.1) is 0 Å². The molecule has 0 atom stereocenters. The van der Waals surface area contributed by atoms with Crippen LogP contribution < -0.4 is 9.47 Å². The van der Waals surface area contributed by atoms with Crippen molar-refractivity contribution in [2.24, 2.45) is 0 Å². The van der Waals surface area contributed by atoms with Crippen LogP contribution in [0, 0.1) is 10.1 Å². The number of ketones is 1. The van der Waals surface area contributed by atoms with Gasteiger partial charge < -0.3 is 14.2 Å². The molecule has 0 saturated heterocycles. The van der Waals surface area contributed by atoms with Gasteiger partial charge in [0, 0.05) is 30.2 Å². The number of nitrogens with zero attached hydrogens (tertiary/aromatic N) is 1. The lowest BCUT2D eigenvalue weighted by Gasteiger charge is -2.08. The number of ether oxygens (including phenoxy) is 3. The van der Waals surface area contributed by atoms with E-state index in [-0.39, 0.29) is 11.5 Å². The summed E-state index contributed by atoms with van der Waals surface area (Å²) in [5.41, 5.74) is 0.736. The number of fused-ring (bicyclic) bond motifs is 1. The monoisotopic (exact) mass is 383 g/mol. The number of hydrogen-bond donors (Lipinski definition) is 0. The van der Waals surface area contributed by atoms with Crippen molar-refractivity contribution >= 4 is 23.5 Å². The zero-order valence-electron chi connectivity index (χ0n) is 14.8. The summed E-state index contributed by atoms with van der Waals surface area (Å²) in [5.74, 6) is -0.0480. The summed E-state index contributed by atoms with van der Waals surface area (Å²) in [6, 6.07) is 10.6. The summed E-state index contributed by atoms with van der Waals surface area (Å²) in [6.45, 7) is 0.620. The van der Waals surface area contributed by atoms with Gasteiger partial charge in [0.2, 0.25) is 0 Å². The third kappa shape index (κ3) is 4.94. The Morgan fingerprint density at radius 1 is 1.11 bits per heavy atom. The van der Waals surface area contributed by atoms with Crippen LogP contribution in [0.3, 0.4) is 0 Å². The maximum Gasteiger partial charge on any atom is 0.331 e. The van der Waals surface area contributed by atoms with E-state index >= 15 is 0 Å². The minimum absolute atomic E-state index is 0.0832. The first-order valence-corrected chi connectivity index (χ1v) is 8.55. The van der Waals surface area contributed by atoms with Gasteiger partial charge in [0.05, 0.1) is 18.1 Å². The highest BCUT2D eigenvalue weighted by molar-refractivity contribution is 5.99. The van der Waals surface area contributed by atoms with Crippen molar-refractivity contribution in [2.75, 3.05) is 19.8 Å². The second-order valence-corrected chi connectivity index (χ2v) is 5.93. The predicted octanol–water partition coefficient (Wildman–Crippen LogP) is 3.20. The van der Waals surface area contributed by atoms with Gasteiger partial charge >= 0.3 is 5.97 Å². The Balaban J connectivity index is 1.57. The number of rotatable bonds is 6. The molecule has 0 radical (unpaired) electrons. The summed E-state index contributed by atoms with van der Waals surface area (Å²) in [7, 11) is 0. The molecule has 0 saturated carbocycles. The molecule has 2 aromatic rings. The Bertz CT molecular complexity index is 936. The first-order valence-electron chi connectivity index (χ1n) is 8.55. The maximum atomic E-state index is 12.2. The van der Waals surface area contributed by atoms with Crippen molar-refractivity contribution in [3.8, 4) is 11.5 Å². The quantitative estimate of drug-likeness (QED) is 0.248. The minimum Gasteiger partial charge on any atom is -0.490 e. The van der Waals surface area contributed by atoms with Crippen molar-refractivity contribution in [1.29, 1.82) is 0 Å². The first kappa shape index (κ1) is 19.1. The fraction of sp³-hybridized carbons (Fsp3) is 0.200. The minimum atomic E-state index is -0.728. The van der Waals surface area contributed by atoms with Crippen molar-refractivity contribution in [3.05, 3.63) is 69.8 Å². The molecule has 28 heavy (non-hydrogen) atoms. The van der Waals surface area contributed by atoms with Gasteiger partial charge in [0.1, 0.15) is 0 Å². The molecule has 1 heterocycles. The van der Waals surface area contributed by atoms with E-state index in [1.54, 1.807) is 24.3 Å². The van der Waals surface area contributed by atoms with Gasteiger partial charge in [0.15, 0.2) is 23.9 Å². The second kappa shape index (κ2) is 8.81. The molecule has 0 amide bonds. The van der Waals surface area contributed by atoms with Crippen LogP contribution in [0.25, 0.3) is 6.08 Å². The van der Waals surface area contributed by atoms with Crippen LogP contribution in [-0.2, 0) is 9.53 Å². The van der Waals surface area contributed by atoms with Gasteiger partial charge in [-0.05, 0) is 29.8 Å². The Kier molecular flexibility index (Phi) is 6.01. The molecule has 1 aliphatic heterocycles. The Morgan fingerprint density at radius 2 is 1.89 bits per heavy atom. The number of esters is 1. The van der Waals surface area contributed by atoms with Gasteiger partial charge in [-0.3, -0.25) is 14.9 Å². The third-order valence-corrected chi connectivity index (χ3v) is 3.91. The van der Waals surface area contributed by atoms with Crippen molar-refractivity contribution in [1.82, 2.24) is 0 Å². The normalized spacial score (nSPS) is 13.0. The number of nitro groups is 1. The molecule has 3 rings (SSSR count). The fourth-order valence-corrected chi connectivity index (χ4v) is 2.51. The number of carbonyl (C=O) groups is 2. The topological polar surface area (TPSA) is 105 Å². The molecule has 0 unspecified atom stereocenters. The molecule has 0 aliphatic carbocycles. The average molecular weight is 383 g/mol. The SMILES string of the molecule is O=C(/C=C/c1cccc([N+](=O)[O-])c1)OCC(=O)c1ccc2c(c1)OCCCO2. The summed E-state index contributed by atoms with van der Waals surface area (Å²) in [5, 5.41) is 10.7.